The average Bonchev–Trinajstić information content (AvgIpc) is 3.35. The van der Waals surface area contributed by atoms with Crippen molar-refractivity contribution in [3.8, 4) is 0 Å². The van der Waals surface area contributed by atoms with Crippen molar-refractivity contribution in [3.63, 3.8) is 0 Å². The summed E-state index contributed by atoms with van der Waals surface area (Å²) in [6.45, 7) is 4.16. The second-order valence-electron chi connectivity index (χ2n) is 9.03. The number of benzene rings is 1. The molecule has 1 fully saturated rings. The van der Waals surface area contributed by atoms with Crippen LogP contribution in [0, 0.1) is 5.92 Å². The summed E-state index contributed by atoms with van der Waals surface area (Å²) in [7, 11) is 0. The summed E-state index contributed by atoms with van der Waals surface area (Å²) in [6, 6.07) is 5.82. The Morgan fingerprint density at radius 3 is 2.40 bits per heavy atom. The maximum atomic E-state index is 13.4. The molecule has 1 aromatic rings. The summed E-state index contributed by atoms with van der Waals surface area (Å²) in [5.74, 6) is -1.82. The van der Waals surface area contributed by atoms with Crippen LogP contribution in [-0.2, 0) is 25.6 Å². The molecule has 35 heavy (non-hydrogen) atoms. The van der Waals surface area contributed by atoms with E-state index in [1.807, 2.05) is 50.4 Å². The highest BCUT2D eigenvalue weighted by Crippen LogP contribution is 2.20. The van der Waals surface area contributed by atoms with Gasteiger partial charge in [-0.25, -0.2) is 4.79 Å². The van der Waals surface area contributed by atoms with Gasteiger partial charge in [0.2, 0.25) is 17.7 Å². The Balaban J connectivity index is 2.22. The van der Waals surface area contributed by atoms with Gasteiger partial charge in [0, 0.05) is 13.0 Å². The predicted molar refractivity (Wildman–Crippen MR) is 137 cm³/mol. The smallest absolute Gasteiger partial charge is 0.326 e. The molecule has 9 nitrogen and oxygen atoms in total. The van der Waals surface area contributed by atoms with E-state index in [0.29, 0.717) is 31.6 Å². The highest BCUT2D eigenvalue weighted by Gasteiger charge is 2.38. The molecule has 5 atom stereocenters. The van der Waals surface area contributed by atoms with E-state index < -0.39 is 47.9 Å². The number of hydrogen-bond donors (Lipinski definition) is 4. The van der Waals surface area contributed by atoms with Crippen LogP contribution in [0.25, 0.3) is 0 Å². The fourth-order valence-corrected chi connectivity index (χ4v) is 4.56. The lowest BCUT2D eigenvalue weighted by Crippen LogP contribution is -2.58. The first-order chi connectivity index (χ1) is 16.7. The van der Waals surface area contributed by atoms with E-state index in [1.165, 1.54) is 16.7 Å². The molecule has 0 saturated carbocycles. The molecule has 0 spiro atoms. The second-order valence-corrected chi connectivity index (χ2v) is 10.0. The average molecular weight is 507 g/mol. The topological polar surface area (TPSA) is 142 Å². The third-order valence-corrected chi connectivity index (χ3v) is 7.17. The van der Waals surface area contributed by atoms with Crippen LogP contribution in [0.4, 0.5) is 0 Å². The molecule has 2 rings (SSSR count). The van der Waals surface area contributed by atoms with Crippen molar-refractivity contribution in [3.05, 3.63) is 35.9 Å². The van der Waals surface area contributed by atoms with E-state index in [2.05, 4.69) is 10.6 Å². The standard InChI is InChI=1S/C25H38N4O5S/c1-4-16(2)21(26)23(31)28-19(15-17-9-6-5-7-10-17)22(30)27-18(12-14-35-3)24(32)29-13-8-11-20(29)25(33)34/h5-7,9-10,16,18-21H,4,8,11-15,26H2,1-3H3,(H,27,30)(H,28,31)(H,33,34). The van der Waals surface area contributed by atoms with Crippen LogP contribution in [0.1, 0.15) is 45.1 Å². The normalized spacial score (nSPS) is 18.9. The van der Waals surface area contributed by atoms with Crippen LogP contribution in [-0.4, -0.2) is 76.4 Å². The number of nitrogens with one attached hydrogen (secondary N) is 2. The zero-order valence-corrected chi connectivity index (χ0v) is 21.6. The molecule has 5 N–H and O–H groups in total. The number of nitrogens with two attached hydrogens (primary N) is 1. The highest BCUT2D eigenvalue weighted by molar-refractivity contribution is 7.98. The van der Waals surface area contributed by atoms with Crippen molar-refractivity contribution in [1.29, 1.82) is 0 Å². The number of carbonyl (C=O) groups is 4. The largest absolute Gasteiger partial charge is 0.480 e. The molecule has 1 aromatic carbocycles. The predicted octanol–water partition coefficient (Wildman–Crippen LogP) is 1.40. The molecule has 0 aliphatic carbocycles. The molecule has 0 aromatic heterocycles. The van der Waals surface area contributed by atoms with Gasteiger partial charge in [0.05, 0.1) is 6.04 Å². The van der Waals surface area contributed by atoms with Gasteiger partial charge < -0.3 is 26.4 Å². The van der Waals surface area contributed by atoms with Crippen molar-refractivity contribution < 1.29 is 24.3 Å². The van der Waals surface area contributed by atoms with Gasteiger partial charge in [0.1, 0.15) is 18.1 Å². The van der Waals surface area contributed by atoms with Gasteiger partial charge >= 0.3 is 5.97 Å². The van der Waals surface area contributed by atoms with Gasteiger partial charge in [0.15, 0.2) is 0 Å². The summed E-state index contributed by atoms with van der Waals surface area (Å²) < 4.78 is 0. The lowest BCUT2D eigenvalue weighted by atomic mass is 9.98. The van der Waals surface area contributed by atoms with Gasteiger partial charge in [-0.05, 0) is 42.8 Å². The Kier molecular flexibility index (Phi) is 11.5. The van der Waals surface area contributed by atoms with Crippen molar-refractivity contribution in [1.82, 2.24) is 15.5 Å². The molecule has 1 aliphatic rings. The number of thioether (sulfide) groups is 1. The van der Waals surface area contributed by atoms with E-state index >= 15 is 0 Å². The first-order valence-electron chi connectivity index (χ1n) is 12.1. The van der Waals surface area contributed by atoms with Crippen molar-refractivity contribution in [2.45, 2.75) is 70.1 Å². The fourth-order valence-electron chi connectivity index (χ4n) is 4.09. The monoisotopic (exact) mass is 506 g/mol. The lowest BCUT2D eigenvalue weighted by molar-refractivity contribution is -0.149. The molecule has 5 unspecified atom stereocenters. The Bertz CT molecular complexity index is 869. The van der Waals surface area contributed by atoms with Crippen molar-refractivity contribution in [2.75, 3.05) is 18.6 Å². The van der Waals surface area contributed by atoms with Crippen LogP contribution in [0.15, 0.2) is 30.3 Å². The number of amides is 3. The minimum absolute atomic E-state index is 0.0607. The van der Waals surface area contributed by atoms with Gasteiger partial charge in [-0.2, -0.15) is 11.8 Å². The Morgan fingerprint density at radius 2 is 1.80 bits per heavy atom. The van der Waals surface area contributed by atoms with Crippen LogP contribution >= 0.6 is 11.8 Å². The number of carbonyl (C=O) groups excluding carboxylic acids is 3. The number of carboxylic acids is 1. The lowest BCUT2D eigenvalue weighted by Gasteiger charge is -2.29. The first-order valence-corrected chi connectivity index (χ1v) is 13.5. The maximum Gasteiger partial charge on any atom is 0.326 e. The number of carboxylic acid groups (broad SMARTS) is 1. The summed E-state index contributed by atoms with van der Waals surface area (Å²) in [6.07, 6.45) is 4.20. The number of likely N-dealkylation sites (tertiary alicyclic amines) is 1. The van der Waals surface area contributed by atoms with Gasteiger partial charge in [-0.1, -0.05) is 50.6 Å². The Morgan fingerprint density at radius 1 is 1.14 bits per heavy atom. The van der Waals surface area contributed by atoms with E-state index in [0.717, 1.165) is 12.0 Å². The van der Waals surface area contributed by atoms with Crippen LogP contribution in [0.5, 0.6) is 0 Å². The number of hydrogen-bond acceptors (Lipinski definition) is 6. The quantitative estimate of drug-likeness (QED) is 0.317. The zero-order chi connectivity index (χ0) is 26.0. The van der Waals surface area contributed by atoms with Crippen LogP contribution in [0.3, 0.4) is 0 Å². The summed E-state index contributed by atoms with van der Waals surface area (Å²) in [4.78, 5) is 52.4. The Labute approximate surface area is 211 Å². The van der Waals surface area contributed by atoms with Gasteiger partial charge in [-0.3, -0.25) is 14.4 Å². The van der Waals surface area contributed by atoms with Crippen LogP contribution in [0.2, 0.25) is 0 Å². The van der Waals surface area contributed by atoms with Crippen LogP contribution < -0.4 is 16.4 Å². The Hall–Kier alpha value is -2.59. The zero-order valence-electron chi connectivity index (χ0n) is 20.7. The highest BCUT2D eigenvalue weighted by atomic mass is 32.2. The maximum absolute atomic E-state index is 13.4. The second kappa shape index (κ2) is 14.1. The summed E-state index contributed by atoms with van der Waals surface area (Å²) in [5.41, 5.74) is 6.94. The third-order valence-electron chi connectivity index (χ3n) is 6.52. The number of aliphatic carboxylic acids is 1. The van der Waals surface area contributed by atoms with Crippen molar-refractivity contribution >= 4 is 35.5 Å². The molecule has 0 bridgehead atoms. The van der Waals surface area contributed by atoms with Gasteiger partial charge in [0.25, 0.3) is 0 Å². The van der Waals surface area contributed by atoms with E-state index in [-0.39, 0.29) is 12.3 Å². The van der Waals surface area contributed by atoms with E-state index in [9.17, 15) is 24.3 Å². The van der Waals surface area contributed by atoms with Gasteiger partial charge in [-0.15, -0.1) is 0 Å². The molecule has 1 aliphatic heterocycles. The molecule has 1 heterocycles. The molecular formula is C25H38N4O5S. The number of nitrogens with zero attached hydrogens (tertiary/aromatic N) is 1. The molecule has 0 radical (unpaired) electrons. The number of rotatable bonds is 13. The molecular weight excluding hydrogens is 468 g/mol. The third kappa shape index (κ3) is 8.24. The SMILES string of the molecule is CCC(C)C(N)C(=O)NC(Cc1ccccc1)C(=O)NC(CCSC)C(=O)N1CCCC1C(=O)O. The summed E-state index contributed by atoms with van der Waals surface area (Å²) >= 11 is 1.53. The minimum atomic E-state index is -1.04. The minimum Gasteiger partial charge on any atom is -0.480 e. The molecule has 1 saturated heterocycles. The molecule has 10 heteroatoms. The first kappa shape index (κ1) is 28.6. The fraction of sp³-hybridized carbons (Fsp3) is 0.600. The summed E-state index contributed by atoms with van der Waals surface area (Å²) in [5, 5.41) is 15.1. The molecule has 3 amide bonds. The van der Waals surface area contributed by atoms with Crippen molar-refractivity contribution in [2.24, 2.45) is 11.7 Å². The van der Waals surface area contributed by atoms with E-state index in [4.69, 9.17) is 5.73 Å². The van der Waals surface area contributed by atoms with E-state index in [1.54, 1.807) is 0 Å². The molecule has 194 valence electrons.